The molecule has 0 amide bonds. The standard InChI is InChI=1S/C20H16O7/c1-24-8-5-10-15(12(6-8)25-2)19(23)16-11(17(10)21)7-13-14(18(16)22)9-3-4-26-20(9)27-13/h5-7,9,20,22H,3-4H2,1-2H3/t9-,20+/m0/s1. The van der Waals surface area contributed by atoms with Crippen LogP contribution in [-0.4, -0.2) is 43.8 Å². The summed E-state index contributed by atoms with van der Waals surface area (Å²) in [6, 6.07) is 4.58. The van der Waals surface area contributed by atoms with Crippen LogP contribution in [0.3, 0.4) is 0 Å². The summed E-state index contributed by atoms with van der Waals surface area (Å²) >= 11 is 0. The van der Waals surface area contributed by atoms with E-state index in [1.54, 1.807) is 6.07 Å². The van der Waals surface area contributed by atoms with Crippen molar-refractivity contribution >= 4 is 11.6 Å². The molecule has 0 bridgehead atoms. The predicted octanol–water partition coefficient (Wildman–Crippen LogP) is 2.41. The number of benzene rings is 2. The fourth-order valence-corrected chi connectivity index (χ4v) is 4.16. The van der Waals surface area contributed by atoms with Crippen molar-refractivity contribution in [2.24, 2.45) is 0 Å². The molecule has 1 aliphatic carbocycles. The van der Waals surface area contributed by atoms with Gasteiger partial charge in [0.05, 0.1) is 37.9 Å². The van der Waals surface area contributed by atoms with Gasteiger partial charge in [-0.2, -0.15) is 0 Å². The van der Waals surface area contributed by atoms with Crippen LogP contribution < -0.4 is 14.2 Å². The van der Waals surface area contributed by atoms with Gasteiger partial charge in [-0.1, -0.05) is 0 Å². The van der Waals surface area contributed by atoms with Gasteiger partial charge in [-0.25, -0.2) is 0 Å². The number of carbonyl (C=O) groups is 2. The monoisotopic (exact) mass is 368 g/mol. The van der Waals surface area contributed by atoms with Crippen molar-refractivity contribution in [3.05, 3.63) is 46.0 Å². The van der Waals surface area contributed by atoms with Crippen LogP contribution in [-0.2, 0) is 4.74 Å². The third-order valence-corrected chi connectivity index (χ3v) is 5.43. The van der Waals surface area contributed by atoms with Crippen LogP contribution in [0.2, 0.25) is 0 Å². The Balaban J connectivity index is 1.76. The van der Waals surface area contributed by atoms with Gasteiger partial charge in [0, 0.05) is 22.8 Å². The maximum atomic E-state index is 13.2. The first kappa shape index (κ1) is 16.1. The van der Waals surface area contributed by atoms with Gasteiger partial charge in [0.15, 0.2) is 5.78 Å². The minimum absolute atomic E-state index is 0.00846. The van der Waals surface area contributed by atoms with E-state index in [0.717, 1.165) is 0 Å². The van der Waals surface area contributed by atoms with Gasteiger partial charge in [0.1, 0.15) is 23.0 Å². The number of aromatic hydroxyl groups is 1. The summed E-state index contributed by atoms with van der Waals surface area (Å²) in [6.45, 7) is 0.522. The maximum absolute atomic E-state index is 13.2. The molecule has 2 heterocycles. The Labute approximate surface area is 154 Å². The fourth-order valence-electron chi connectivity index (χ4n) is 4.16. The second-order valence-corrected chi connectivity index (χ2v) is 6.72. The number of fused-ring (bicyclic) bond motifs is 5. The second kappa shape index (κ2) is 5.47. The van der Waals surface area contributed by atoms with Crippen molar-refractivity contribution in [2.45, 2.75) is 18.6 Å². The van der Waals surface area contributed by atoms with Crippen molar-refractivity contribution in [2.75, 3.05) is 20.8 Å². The molecule has 1 N–H and O–H groups in total. The molecule has 7 heteroatoms. The number of phenolic OH excluding ortho intramolecular Hbond substituents is 1. The summed E-state index contributed by atoms with van der Waals surface area (Å²) in [7, 11) is 2.88. The molecule has 27 heavy (non-hydrogen) atoms. The number of methoxy groups -OCH3 is 2. The highest BCUT2D eigenvalue weighted by atomic mass is 16.7. The first-order valence-corrected chi connectivity index (χ1v) is 8.58. The zero-order valence-corrected chi connectivity index (χ0v) is 14.7. The predicted molar refractivity (Wildman–Crippen MR) is 92.2 cm³/mol. The van der Waals surface area contributed by atoms with Gasteiger partial charge in [-0.15, -0.1) is 0 Å². The van der Waals surface area contributed by atoms with Gasteiger partial charge in [-0.3, -0.25) is 9.59 Å². The second-order valence-electron chi connectivity index (χ2n) is 6.72. The Kier molecular flexibility index (Phi) is 3.27. The van der Waals surface area contributed by atoms with Crippen LogP contribution in [0.1, 0.15) is 49.7 Å². The molecular formula is C20H16O7. The van der Waals surface area contributed by atoms with Gasteiger partial charge < -0.3 is 24.1 Å². The van der Waals surface area contributed by atoms with E-state index in [1.807, 2.05) is 0 Å². The highest BCUT2D eigenvalue weighted by molar-refractivity contribution is 6.30. The molecule has 2 aromatic rings. The molecule has 138 valence electrons. The molecule has 2 aromatic carbocycles. The van der Waals surface area contributed by atoms with Gasteiger partial charge in [0.2, 0.25) is 12.1 Å². The molecule has 3 aliphatic rings. The molecule has 1 fully saturated rings. The Morgan fingerprint density at radius 3 is 2.56 bits per heavy atom. The topological polar surface area (TPSA) is 91.3 Å². The molecule has 0 unspecified atom stereocenters. The number of ether oxygens (including phenoxy) is 4. The first-order valence-electron chi connectivity index (χ1n) is 8.58. The molecule has 2 aliphatic heterocycles. The smallest absolute Gasteiger partial charge is 0.207 e. The number of phenols is 1. The van der Waals surface area contributed by atoms with Crippen molar-refractivity contribution in [3.8, 4) is 23.0 Å². The fraction of sp³-hybridized carbons (Fsp3) is 0.300. The summed E-state index contributed by atoms with van der Waals surface area (Å²) in [5.74, 6) is -0.181. The van der Waals surface area contributed by atoms with E-state index in [4.69, 9.17) is 18.9 Å². The number of hydrogen-bond donors (Lipinski definition) is 1. The molecule has 5 rings (SSSR count). The van der Waals surface area contributed by atoms with E-state index in [2.05, 4.69) is 0 Å². The normalized spacial score (nSPS) is 21.9. The molecule has 7 nitrogen and oxygen atoms in total. The van der Waals surface area contributed by atoms with Gasteiger partial charge in [0.25, 0.3) is 0 Å². The van der Waals surface area contributed by atoms with E-state index < -0.39 is 17.9 Å². The summed E-state index contributed by atoms with van der Waals surface area (Å²) in [5.41, 5.74) is 0.944. The largest absolute Gasteiger partial charge is 0.507 e. The quantitative estimate of drug-likeness (QED) is 0.743. The lowest BCUT2D eigenvalue weighted by Crippen LogP contribution is -2.22. The van der Waals surface area contributed by atoms with E-state index >= 15 is 0 Å². The van der Waals surface area contributed by atoms with Crippen LogP contribution in [0, 0.1) is 0 Å². The van der Waals surface area contributed by atoms with Crippen molar-refractivity contribution in [3.63, 3.8) is 0 Å². The van der Waals surface area contributed by atoms with Crippen LogP contribution in [0.15, 0.2) is 18.2 Å². The third kappa shape index (κ3) is 2.00. The number of hydrogen-bond acceptors (Lipinski definition) is 7. The maximum Gasteiger partial charge on any atom is 0.207 e. The third-order valence-electron chi connectivity index (χ3n) is 5.43. The summed E-state index contributed by atoms with van der Waals surface area (Å²) in [6.07, 6.45) is 0.195. The van der Waals surface area contributed by atoms with Gasteiger partial charge in [-0.05, 0) is 18.6 Å². The molecule has 2 atom stereocenters. The first-order chi connectivity index (χ1) is 13.0. The molecule has 0 saturated carbocycles. The molecule has 1 saturated heterocycles. The minimum Gasteiger partial charge on any atom is -0.507 e. The highest BCUT2D eigenvalue weighted by Crippen LogP contribution is 2.52. The average Bonchev–Trinajstić information content (AvgIpc) is 3.25. The lowest BCUT2D eigenvalue weighted by molar-refractivity contribution is -0.0337. The Morgan fingerprint density at radius 2 is 1.81 bits per heavy atom. The Bertz CT molecular complexity index is 1020. The van der Waals surface area contributed by atoms with E-state index in [1.165, 1.54) is 26.4 Å². The van der Waals surface area contributed by atoms with Crippen LogP contribution >= 0.6 is 0 Å². The molecule has 0 spiro atoms. The molecule has 0 radical (unpaired) electrons. The summed E-state index contributed by atoms with van der Waals surface area (Å²) < 4.78 is 21.8. The lowest BCUT2D eigenvalue weighted by atomic mass is 9.80. The Morgan fingerprint density at radius 1 is 1.04 bits per heavy atom. The zero-order chi connectivity index (χ0) is 18.9. The highest BCUT2D eigenvalue weighted by Gasteiger charge is 2.45. The molecule has 0 aromatic heterocycles. The minimum atomic E-state index is -0.489. The SMILES string of the molecule is COc1cc(OC)c2c(c1)C(=O)c1cc3c(c(O)c1C2=O)[C@@H]1CCO[C@@H]1O3. The zero-order valence-electron chi connectivity index (χ0n) is 14.7. The number of carbonyl (C=O) groups excluding carboxylic acids is 2. The van der Waals surface area contributed by atoms with Crippen LogP contribution in [0.25, 0.3) is 0 Å². The van der Waals surface area contributed by atoms with E-state index in [0.29, 0.717) is 30.1 Å². The number of rotatable bonds is 2. The number of ketones is 2. The molecular weight excluding hydrogens is 352 g/mol. The van der Waals surface area contributed by atoms with Crippen molar-refractivity contribution < 1.29 is 33.6 Å². The van der Waals surface area contributed by atoms with Gasteiger partial charge >= 0.3 is 0 Å². The average molecular weight is 368 g/mol. The summed E-state index contributed by atoms with van der Waals surface area (Å²) in [4.78, 5) is 26.4. The summed E-state index contributed by atoms with van der Waals surface area (Å²) in [5, 5.41) is 10.9. The van der Waals surface area contributed by atoms with Crippen LogP contribution in [0.5, 0.6) is 23.0 Å². The van der Waals surface area contributed by atoms with Crippen LogP contribution in [0.4, 0.5) is 0 Å². The lowest BCUT2D eigenvalue weighted by Gasteiger charge is -2.22. The van der Waals surface area contributed by atoms with E-state index in [-0.39, 0.29) is 39.7 Å². The van der Waals surface area contributed by atoms with Crippen molar-refractivity contribution in [1.29, 1.82) is 0 Å². The van der Waals surface area contributed by atoms with E-state index in [9.17, 15) is 14.7 Å². The van der Waals surface area contributed by atoms with Crippen molar-refractivity contribution in [1.82, 2.24) is 0 Å². The Hall–Kier alpha value is -3.06.